The molecule has 1 aromatic heterocycles. The van der Waals surface area contributed by atoms with Crippen molar-refractivity contribution in [3.63, 3.8) is 0 Å². The average Bonchev–Trinajstić information content (AvgIpc) is 3.36. The Hall–Kier alpha value is -3.00. The van der Waals surface area contributed by atoms with Crippen LogP contribution in [0.25, 0.3) is 0 Å². The van der Waals surface area contributed by atoms with Crippen LogP contribution in [-0.2, 0) is 25.5 Å². The number of imide groups is 1. The van der Waals surface area contributed by atoms with Crippen molar-refractivity contribution in [3.05, 3.63) is 52.2 Å². The van der Waals surface area contributed by atoms with Crippen molar-refractivity contribution >= 4 is 40.7 Å². The molecule has 1 saturated heterocycles. The first-order valence-corrected chi connectivity index (χ1v) is 9.79. The minimum atomic E-state index is -0.705. The number of ether oxygens (including phenoxy) is 1. The largest absolute Gasteiger partial charge is 0.455 e. The molecule has 0 bridgehead atoms. The van der Waals surface area contributed by atoms with Crippen LogP contribution in [0.5, 0.6) is 0 Å². The third-order valence-corrected chi connectivity index (χ3v) is 5.33. The molecule has 7 nitrogen and oxygen atoms in total. The molecule has 2 aromatic rings. The highest BCUT2D eigenvalue weighted by Gasteiger charge is 2.36. The lowest BCUT2D eigenvalue weighted by atomic mass is 10.1. The van der Waals surface area contributed by atoms with Gasteiger partial charge in [-0.05, 0) is 35.6 Å². The highest BCUT2D eigenvalue weighted by atomic mass is 32.1. The molecule has 1 fully saturated rings. The van der Waals surface area contributed by atoms with Crippen molar-refractivity contribution in [2.24, 2.45) is 5.92 Å². The minimum absolute atomic E-state index is 0.0319. The smallest absolute Gasteiger partial charge is 0.311 e. The number of nitrogens with one attached hydrogen (secondary N) is 1. The zero-order chi connectivity index (χ0) is 20.1. The Balaban J connectivity index is 1.50. The highest BCUT2D eigenvalue weighted by molar-refractivity contribution is 7.12. The van der Waals surface area contributed by atoms with Crippen LogP contribution < -0.4 is 10.2 Å². The summed E-state index contributed by atoms with van der Waals surface area (Å²) in [4.78, 5) is 50.0. The number of hydrogen-bond acceptors (Lipinski definition) is 6. The molecule has 0 radical (unpaired) electrons. The summed E-state index contributed by atoms with van der Waals surface area (Å²) in [5.74, 6) is -2.67. The van der Waals surface area contributed by atoms with E-state index in [1.54, 1.807) is 22.4 Å². The summed E-state index contributed by atoms with van der Waals surface area (Å²) in [5, 5.41) is 3.88. The fraction of sp³-hybridized carbons (Fsp3) is 0.300. The predicted octanol–water partition coefficient (Wildman–Crippen LogP) is 2.16. The van der Waals surface area contributed by atoms with E-state index in [1.165, 1.54) is 11.3 Å². The van der Waals surface area contributed by atoms with Crippen LogP contribution in [0.15, 0.2) is 41.8 Å². The van der Waals surface area contributed by atoms with E-state index in [0.717, 1.165) is 17.7 Å². The molecule has 8 heteroatoms. The van der Waals surface area contributed by atoms with Crippen molar-refractivity contribution in [3.8, 4) is 0 Å². The van der Waals surface area contributed by atoms with Gasteiger partial charge in [0.1, 0.15) is 0 Å². The molecule has 0 saturated carbocycles. The summed E-state index contributed by atoms with van der Waals surface area (Å²) in [5.41, 5.74) is 1.89. The normalized spacial score (nSPS) is 16.1. The van der Waals surface area contributed by atoms with E-state index >= 15 is 0 Å². The zero-order valence-electron chi connectivity index (χ0n) is 15.3. The van der Waals surface area contributed by atoms with E-state index in [1.807, 2.05) is 31.2 Å². The predicted molar refractivity (Wildman–Crippen MR) is 104 cm³/mol. The Labute approximate surface area is 166 Å². The van der Waals surface area contributed by atoms with Crippen LogP contribution in [0.4, 0.5) is 5.69 Å². The van der Waals surface area contributed by atoms with Gasteiger partial charge >= 0.3 is 5.97 Å². The quantitative estimate of drug-likeness (QED) is 0.750. The van der Waals surface area contributed by atoms with Gasteiger partial charge in [-0.2, -0.15) is 0 Å². The molecule has 3 rings (SSSR count). The molecule has 1 atom stereocenters. The Morgan fingerprint density at radius 3 is 2.61 bits per heavy atom. The number of aryl methyl sites for hydroxylation is 1. The minimum Gasteiger partial charge on any atom is -0.455 e. The van der Waals surface area contributed by atoms with E-state index in [-0.39, 0.29) is 18.9 Å². The summed E-state index contributed by atoms with van der Waals surface area (Å²) < 4.78 is 5.00. The molecule has 0 spiro atoms. The third-order valence-electron chi connectivity index (χ3n) is 4.46. The lowest BCUT2D eigenvalue weighted by Crippen LogP contribution is -2.34. The number of thiophene rings is 1. The van der Waals surface area contributed by atoms with E-state index in [4.69, 9.17) is 4.74 Å². The summed E-state index contributed by atoms with van der Waals surface area (Å²) in [6.07, 6.45) is 0.935. The Morgan fingerprint density at radius 2 is 1.96 bits per heavy atom. The number of hydrogen-bond donors (Lipinski definition) is 1. The van der Waals surface area contributed by atoms with E-state index in [0.29, 0.717) is 4.88 Å². The number of carbonyl (C=O) groups excluding carboxylic acids is 4. The Morgan fingerprint density at radius 1 is 1.21 bits per heavy atom. The van der Waals surface area contributed by atoms with E-state index < -0.39 is 30.3 Å². The van der Waals surface area contributed by atoms with Crippen LogP contribution in [0.3, 0.4) is 0 Å². The van der Waals surface area contributed by atoms with Crippen molar-refractivity contribution in [2.75, 3.05) is 18.1 Å². The molecule has 1 aliphatic heterocycles. The molecular weight excluding hydrogens is 380 g/mol. The standard InChI is InChI=1S/C20H20N2O5S/c1-2-13-5-7-15(8-6-13)22-11-14(10-18(22)24)20(26)27-12-17(23)21-19(25)16-4-3-9-28-16/h3-9,14H,2,10-12H2,1H3,(H,21,23,25). The van der Waals surface area contributed by atoms with Crippen LogP contribution in [0.2, 0.25) is 0 Å². The fourth-order valence-corrected chi connectivity index (χ4v) is 3.53. The van der Waals surface area contributed by atoms with Gasteiger partial charge in [0.05, 0.1) is 10.8 Å². The molecule has 1 aromatic carbocycles. The van der Waals surface area contributed by atoms with Crippen LogP contribution in [-0.4, -0.2) is 36.8 Å². The summed E-state index contributed by atoms with van der Waals surface area (Å²) in [6.45, 7) is 1.69. The van der Waals surface area contributed by atoms with Gasteiger partial charge in [-0.15, -0.1) is 11.3 Å². The lowest BCUT2D eigenvalue weighted by molar-refractivity contribution is -0.152. The maximum Gasteiger partial charge on any atom is 0.311 e. The zero-order valence-corrected chi connectivity index (χ0v) is 16.2. The first kappa shape index (κ1) is 19.8. The number of rotatable bonds is 6. The second kappa shape index (κ2) is 8.79. The van der Waals surface area contributed by atoms with Gasteiger partial charge in [-0.25, -0.2) is 0 Å². The van der Waals surface area contributed by atoms with Crippen LogP contribution in [0.1, 0.15) is 28.6 Å². The number of amides is 3. The summed E-state index contributed by atoms with van der Waals surface area (Å²) in [7, 11) is 0. The van der Waals surface area contributed by atoms with Gasteiger partial charge in [0.15, 0.2) is 6.61 Å². The molecule has 28 heavy (non-hydrogen) atoms. The van der Waals surface area contributed by atoms with Crippen molar-refractivity contribution < 1.29 is 23.9 Å². The van der Waals surface area contributed by atoms with E-state index in [9.17, 15) is 19.2 Å². The van der Waals surface area contributed by atoms with Crippen LogP contribution in [0, 0.1) is 5.92 Å². The molecule has 3 amide bonds. The number of esters is 1. The van der Waals surface area contributed by atoms with Gasteiger partial charge in [-0.3, -0.25) is 24.5 Å². The SMILES string of the molecule is CCc1ccc(N2CC(C(=O)OCC(=O)NC(=O)c3cccs3)CC2=O)cc1. The topological polar surface area (TPSA) is 92.8 Å². The summed E-state index contributed by atoms with van der Waals surface area (Å²) in [6, 6.07) is 10.9. The molecule has 1 aliphatic rings. The maximum absolute atomic E-state index is 12.3. The Kier molecular flexibility index (Phi) is 6.20. The van der Waals surface area contributed by atoms with Crippen molar-refractivity contribution in [2.45, 2.75) is 19.8 Å². The van der Waals surface area contributed by atoms with E-state index in [2.05, 4.69) is 5.32 Å². The second-order valence-electron chi connectivity index (χ2n) is 6.39. The molecule has 2 heterocycles. The van der Waals surface area contributed by atoms with Gasteiger partial charge < -0.3 is 9.64 Å². The molecular formula is C20H20N2O5S. The van der Waals surface area contributed by atoms with Crippen LogP contribution >= 0.6 is 11.3 Å². The number of nitrogens with zero attached hydrogens (tertiary/aromatic N) is 1. The first-order valence-electron chi connectivity index (χ1n) is 8.91. The number of carbonyl (C=O) groups is 4. The molecule has 146 valence electrons. The van der Waals surface area contributed by atoms with Crippen molar-refractivity contribution in [1.82, 2.24) is 5.32 Å². The second-order valence-corrected chi connectivity index (χ2v) is 7.34. The maximum atomic E-state index is 12.3. The first-order chi connectivity index (χ1) is 13.5. The fourth-order valence-electron chi connectivity index (χ4n) is 2.91. The van der Waals surface area contributed by atoms with Gasteiger partial charge in [-0.1, -0.05) is 25.1 Å². The lowest BCUT2D eigenvalue weighted by Gasteiger charge is -2.17. The van der Waals surface area contributed by atoms with Crippen molar-refractivity contribution in [1.29, 1.82) is 0 Å². The van der Waals surface area contributed by atoms with Gasteiger partial charge in [0.2, 0.25) is 5.91 Å². The third kappa shape index (κ3) is 4.64. The Bertz CT molecular complexity index is 877. The molecule has 1 unspecified atom stereocenters. The highest BCUT2D eigenvalue weighted by Crippen LogP contribution is 2.26. The van der Waals surface area contributed by atoms with Gasteiger partial charge in [0, 0.05) is 18.7 Å². The molecule has 1 N–H and O–H groups in total. The number of benzene rings is 1. The monoisotopic (exact) mass is 400 g/mol. The molecule has 0 aliphatic carbocycles. The van der Waals surface area contributed by atoms with Gasteiger partial charge in [0.25, 0.3) is 11.8 Å². The average molecular weight is 400 g/mol. The number of anilines is 1. The summed E-state index contributed by atoms with van der Waals surface area (Å²) >= 11 is 1.20.